The topological polar surface area (TPSA) is 56.1 Å². The average molecular weight is 351 g/mol. The molecule has 1 aromatic heterocycles. The highest BCUT2D eigenvalue weighted by atomic mass is 16.5. The molecule has 0 aliphatic heterocycles. The largest absolute Gasteiger partial charge is 0.497 e. The Morgan fingerprint density at radius 2 is 2.04 bits per heavy atom. The molecule has 0 unspecified atom stereocenters. The Morgan fingerprint density at radius 3 is 2.88 bits per heavy atom. The first-order chi connectivity index (χ1) is 12.7. The number of aryl methyl sites for hydroxylation is 3. The average Bonchev–Trinajstić information content (AvgIpc) is 3.00. The SMILES string of the molecule is COc1cccc(CCCNC(=O)CCn2nc(C)c3ccccc32)c1. The summed E-state index contributed by atoms with van der Waals surface area (Å²) in [7, 11) is 1.67. The van der Waals surface area contributed by atoms with Gasteiger partial charge in [0.25, 0.3) is 0 Å². The predicted octanol–water partition coefficient (Wildman–Crippen LogP) is 3.49. The first-order valence-electron chi connectivity index (χ1n) is 8.99. The monoisotopic (exact) mass is 351 g/mol. The Morgan fingerprint density at radius 1 is 1.19 bits per heavy atom. The fraction of sp³-hybridized carbons (Fsp3) is 0.333. The van der Waals surface area contributed by atoms with Crippen molar-refractivity contribution in [2.45, 2.75) is 32.7 Å². The van der Waals surface area contributed by atoms with E-state index < -0.39 is 0 Å². The number of fused-ring (bicyclic) bond motifs is 1. The molecule has 0 aliphatic carbocycles. The van der Waals surface area contributed by atoms with Gasteiger partial charge < -0.3 is 10.1 Å². The van der Waals surface area contributed by atoms with Crippen LogP contribution >= 0.6 is 0 Å². The van der Waals surface area contributed by atoms with Crippen LogP contribution in [0.3, 0.4) is 0 Å². The number of para-hydroxylation sites is 1. The van der Waals surface area contributed by atoms with Crippen molar-refractivity contribution >= 4 is 16.8 Å². The van der Waals surface area contributed by atoms with Crippen molar-refractivity contribution in [3.8, 4) is 5.75 Å². The third kappa shape index (κ3) is 4.42. The minimum atomic E-state index is 0.0628. The van der Waals surface area contributed by atoms with Gasteiger partial charge in [-0.15, -0.1) is 0 Å². The summed E-state index contributed by atoms with van der Waals surface area (Å²) in [6.07, 6.45) is 2.26. The second kappa shape index (κ2) is 8.52. The Labute approximate surface area is 154 Å². The van der Waals surface area contributed by atoms with Crippen LogP contribution < -0.4 is 10.1 Å². The minimum Gasteiger partial charge on any atom is -0.497 e. The normalized spacial score (nSPS) is 10.8. The molecular weight excluding hydrogens is 326 g/mol. The van der Waals surface area contributed by atoms with Crippen molar-refractivity contribution < 1.29 is 9.53 Å². The highest BCUT2D eigenvalue weighted by Crippen LogP contribution is 2.17. The molecule has 1 N–H and O–H groups in total. The number of rotatable bonds is 8. The van der Waals surface area contributed by atoms with Gasteiger partial charge in [-0.3, -0.25) is 9.48 Å². The summed E-state index contributed by atoms with van der Waals surface area (Å²) in [5, 5.41) is 8.68. The fourth-order valence-corrected chi connectivity index (χ4v) is 3.11. The lowest BCUT2D eigenvalue weighted by molar-refractivity contribution is -0.121. The smallest absolute Gasteiger partial charge is 0.221 e. The van der Waals surface area contributed by atoms with E-state index in [2.05, 4.69) is 22.5 Å². The molecule has 0 aliphatic rings. The summed E-state index contributed by atoms with van der Waals surface area (Å²) in [4.78, 5) is 12.1. The van der Waals surface area contributed by atoms with Gasteiger partial charge >= 0.3 is 0 Å². The molecule has 0 bridgehead atoms. The van der Waals surface area contributed by atoms with Crippen LogP contribution in [0.15, 0.2) is 48.5 Å². The molecule has 136 valence electrons. The van der Waals surface area contributed by atoms with Crippen LogP contribution in [0.2, 0.25) is 0 Å². The Hall–Kier alpha value is -2.82. The zero-order chi connectivity index (χ0) is 18.4. The molecular formula is C21H25N3O2. The molecule has 1 amide bonds. The van der Waals surface area contributed by atoms with Gasteiger partial charge in [0.15, 0.2) is 0 Å². The van der Waals surface area contributed by atoms with Gasteiger partial charge in [-0.05, 0) is 43.5 Å². The van der Waals surface area contributed by atoms with Crippen molar-refractivity contribution in [3.05, 3.63) is 59.8 Å². The Kier molecular flexibility index (Phi) is 5.89. The van der Waals surface area contributed by atoms with E-state index >= 15 is 0 Å². The molecule has 0 saturated heterocycles. The third-order valence-electron chi connectivity index (χ3n) is 4.49. The van der Waals surface area contributed by atoms with Gasteiger partial charge in [0.1, 0.15) is 5.75 Å². The van der Waals surface area contributed by atoms with E-state index in [9.17, 15) is 4.79 Å². The summed E-state index contributed by atoms with van der Waals surface area (Å²) >= 11 is 0. The van der Waals surface area contributed by atoms with Crippen LogP contribution in [-0.4, -0.2) is 29.3 Å². The van der Waals surface area contributed by atoms with Gasteiger partial charge in [-0.25, -0.2) is 0 Å². The maximum atomic E-state index is 12.1. The number of carbonyl (C=O) groups is 1. The van der Waals surface area contributed by atoms with E-state index in [0.717, 1.165) is 35.2 Å². The fourth-order valence-electron chi connectivity index (χ4n) is 3.11. The maximum absolute atomic E-state index is 12.1. The number of methoxy groups -OCH3 is 1. The maximum Gasteiger partial charge on any atom is 0.221 e. The van der Waals surface area contributed by atoms with E-state index in [1.165, 1.54) is 5.56 Å². The van der Waals surface area contributed by atoms with E-state index in [1.807, 2.05) is 48.0 Å². The number of carbonyl (C=O) groups excluding carboxylic acids is 1. The molecule has 2 aromatic carbocycles. The Balaban J connectivity index is 1.43. The third-order valence-corrected chi connectivity index (χ3v) is 4.49. The van der Waals surface area contributed by atoms with Crippen LogP contribution in [0.5, 0.6) is 5.75 Å². The van der Waals surface area contributed by atoms with Gasteiger partial charge in [-0.2, -0.15) is 5.10 Å². The molecule has 5 nitrogen and oxygen atoms in total. The second-order valence-electron chi connectivity index (χ2n) is 6.38. The zero-order valence-corrected chi connectivity index (χ0v) is 15.4. The molecule has 0 radical (unpaired) electrons. The first-order valence-corrected chi connectivity index (χ1v) is 8.99. The van der Waals surface area contributed by atoms with Crippen LogP contribution in [-0.2, 0) is 17.8 Å². The lowest BCUT2D eigenvalue weighted by atomic mass is 10.1. The van der Waals surface area contributed by atoms with Crippen molar-refractivity contribution in [2.24, 2.45) is 0 Å². The first kappa shape index (κ1) is 18.0. The summed E-state index contributed by atoms with van der Waals surface area (Å²) in [6, 6.07) is 16.2. The minimum absolute atomic E-state index is 0.0628. The van der Waals surface area contributed by atoms with Crippen LogP contribution in [0.1, 0.15) is 24.1 Å². The van der Waals surface area contributed by atoms with E-state index in [0.29, 0.717) is 19.5 Å². The molecule has 1 heterocycles. The number of hydrogen-bond donors (Lipinski definition) is 1. The molecule has 3 aromatic rings. The van der Waals surface area contributed by atoms with Gasteiger partial charge in [-0.1, -0.05) is 30.3 Å². The lowest BCUT2D eigenvalue weighted by Gasteiger charge is -2.07. The van der Waals surface area contributed by atoms with Crippen LogP contribution in [0.4, 0.5) is 0 Å². The van der Waals surface area contributed by atoms with Gasteiger partial charge in [0.2, 0.25) is 5.91 Å². The van der Waals surface area contributed by atoms with Gasteiger partial charge in [0.05, 0.1) is 24.9 Å². The predicted molar refractivity (Wildman–Crippen MR) is 103 cm³/mol. The molecule has 0 atom stereocenters. The molecule has 5 heteroatoms. The summed E-state index contributed by atoms with van der Waals surface area (Å²) < 4.78 is 7.14. The lowest BCUT2D eigenvalue weighted by Crippen LogP contribution is -2.25. The highest BCUT2D eigenvalue weighted by molar-refractivity contribution is 5.82. The van der Waals surface area contributed by atoms with Crippen molar-refractivity contribution in [1.82, 2.24) is 15.1 Å². The van der Waals surface area contributed by atoms with Crippen molar-refractivity contribution in [1.29, 1.82) is 0 Å². The van der Waals surface area contributed by atoms with Crippen LogP contribution in [0, 0.1) is 6.92 Å². The number of nitrogens with one attached hydrogen (secondary N) is 1. The summed E-state index contributed by atoms with van der Waals surface area (Å²) in [5.74, 6) is 0.932. The van der Waals surface area contributed by atoms with E-state index in [-0.39, 0.29) is 5.91 Å². The highest BCUT2D eigenvalue weighted by Gasteiger charge is 2.08. The number of aromatic nitrogens is 2. The molecule has 0 fully saturated rings. The van der Waals surface area contributed by atoms with Crippen molar-refractivity contribution in [3.63, 3.8) is 0 Å². The standard InChI is InChI=1S/C21H25N3O2/c1-16-19-10-3-4-11-20(19)24(23-16)14-12-21(25)22-13-6-8-17-7-5-9-18(15-17)26-2/h3-5,7,9-11,15H,6,8,12-14H2,1-2H3,(H,22,25). The van der Waals surface area contributed by atoms with E-state index in [4.69, 9.17) is 4.74 Å². The Bertz CT molecular complexity index is 886. The molecule has 0 saturated carbocycles. The summed E-state index contributed by atoms with van der Waals surface area (Å²) in [5.41, 5.74) is 3.30. The number of nitrogens with zero attached hydrogens (tertiary/aromatic N) is 2. The molecule has 3 rings (SSSR count). The van der Waals surface area contributed by atoms with Crippen LogP contribution in [0.25, 0.3) is 10.9 Å². The number of hydrogen-bond acceptors (Lipinski definition) is 3. The number of benzene rings is 2. The number of ether oxygens (including phenoxy) is 1. The number of amides is 1. The van der Waals surface area contributed by atoms with Gasteiger partial charge in [0, 0.05) is 18.4 Å². The second-order valence-corrected chi connectivity index (χ2v) is 6.38. The van der Waals surface area contributed by atoms with E-state index in [1.54, 1.807) is 7.11 Å². The summed E-state index contributed by atoms with van der Waals surface area (Å²) in [6.45, 7) is 3.27. The van der Waals surface area contributed by atoms with Crippen molar-refractivity contribution in [2.75, 3.05) is 13.7 Å². The quantitative estimate of drug-likeness (QED) is 0.632. The molecule has 0 spiro atoms. The molecule has 26 heavy (non-hydrogen) atoms. The zero-order valence-electron chi connectivity index (χ0n) is 15.4.